The van der Waals surface area contributed by atoms with E-state index in [1.165, 1.54) is 31.2 Å². The Kier molecular flexibility index (Phi) is 6.78. The van der Waals surface area contributed by atoms with E-state index in [9.17, 15) is 0 Å². The van der Waals surface area contributed by atoms with Gasteiger partial charge in [0.1, 0.15) is 0 Å². The Balaban J connectivity index is 2.48. The Morgan fingerprint density at radius 3 is 2.65 bits per heavy atom. The fourth-order valence-electron chi connectivity index (χ4n) is 1.94. The van der Waals surface area contributed by atoms with E-state index in [0.29, 0.717) is 6.04 Å². The highest BCUT2D eigenvalue weighted by molar-refractivity contribution is 5.11. The number of nitrogens with one attached hydrogen (secondary N) is 1. The van der Waals surface area contributed by atoms with Crippen molar-refractivity contribution in [2.75, 3.05) is 6.54 Å². The minimum absolute atomic E-state index is 0.434. The first-order valence-corrected chi connectivity index (χ1v) is 6.74. The molecule has 1 rings (SSSR count). The fourth-order valence-corrected chi connectivity index (χ4v) is 1.94. The molecule has 1 unspecified atom stereocenters. The fraction of sp³-hybridized carbons (Fsp3) is 0.714. The molecule has 96 valence electrons. The summed E-state index contributed by atoms with van der Waals surface area (Å²) in [5.41, 5.74) is 1.26. The van der Waals surface area contributed by atoms with Crippen LogP contribution in [0.2, 0.25) is 0 Å². The predicted molar refractivity (Wildman–Crippen MR) is 71.8 cm³/mol. The predicted octanol–water partition coefficient (Wildman–Crippen LogP) is 3.34. The SMILES string of the molecule is CCCNC(CCCC(C)C)c1ccnnc1. The molecule has 0 amide bonds. The molecule has 0 bridgehead atoms. The summed E-state index contributed by atoms with van der Waals surface area (Å²) in [6.45, 7) is 7.82. The molecule has 0 aliphatic carbocycles. The van der Waals surface area contributed by atoms with Crippen molar-refractivity contribution in [1.29, 1.82) is 0 Å². The van der Waals surface area contributed by atoms with Gasteiger partial charge in [-0.2, -0.15) is 10.2 Å². The number of rotatable bonds is 8. The highest BCUT2D eigenvalue weighted by Crippen LogP contribution is 2.19. The topological polar surface area (TPSA) is 37.8 Å². The van der Waals surface area contributed by atoms with Crippen LogP contribution in [0.5, 0.6) is 0 Å². The van der Waals surface area contributed by atoms with Crippen LogP contribution in [0.1, 0.15) is 58.1 Å². The number of hydrogen-bond donors (Lipinski definition) is 1. The molecule has 1 atom stereocenters. The highest BCUT2D eigenvalue weighted by atomic mass is 15.1. The van der Waals surface area contributed by atoms with Gasteiger partial charge in [-0.3, -0.25) is 0 Å². The van der Waals surface area contributed by atoms with E-state index < -0.39 is 0 Å². The number of aromatic nitrogens is 2. The second-order valence-corrected chi connectivity index (χ2v) is 5.01. The van der Waals surface area contributed by atoms with Crippen LogP contribution in [0.25, 0.3) is 0 Å². The molecule has 0 aliphatic heterocycles. The Morgan fingerprint density at radius 1 is 1.24 bits per heavy atom. The van der Waals surface area contributed by atoms with Crippen LogP contribution in [0.3, 0.4) is 0 Å². The molecule has 0 radical (unpaired) electrons. The van der Waals surface area contributed by atoms with Crippen LogP contribution in [0, 0.1) is 5.92 Å². The molecule has 1 aromatic rings. The van der Waals surface area contributed by atoms with Gasteiger partial charge in [0, 0.05) is 12.2 Å². The van der Waals surface area contributed by atoms with Crippen LogP contribution in [-0.2, 0) is 0 Å². The van der Waals surface area contributed by atoms with E-state index in [1.54, 1.807) is 6.20 Å². The Hall–Kier alpha value is -0.960. The zero-order chi connectivity index (χ0) is 12.5. The lowest BCUT2D eigenvalue weighted by molar-refractivity contribution is 0.446. The zero-order valence-electron chi connectivity index (χ0n) is 11.3. The van der Waals surface area contributed by atoms with Gasteiger partial charge in [0.2, 0.25) is 0 Å². The molecule has 0 fully saturated rings. The van der Waals surface area contributed by atoms with Crippen molar-refractivity contribution in [2.45, 2.75) is 52.5 Å². The maximum Gasteiger partial charge on any atom is 0.0544 e. The molecule has 0 aromatic carbocycles. The molecule has 1 aromatic heterocycles. The average Bonchev–Trinajstić information content (AvgIpc) is 2.34. The number of hydrogen-bond acceptors (Lipinski definition) is 3. The third-order valence-corrected chi connectivity index (χ3v) is 2.92. The molecular weight excluding hydrogens is 210 g/mol. The maximum atomic E-state index is 3.97. The number of nitrogens with zero attached hydrogens (tertiary/aromatic N) is 2. The summed E-state index contributed by atoms with van der Waals surface area (Å²) in [5.74, 6) is 0.789. The first-order valence-electron chi connectivity index (χ1n) is 6.74. The largest absolute Gasteiger partial charge is 0.310 e. The third-order valence-electron chi connectivity index (χ3n) is 2.92. The molecule has 1 N–H and O–H groups in total. The lowest BCUT2D eigenvalue weighted by atomic mass is 9.99. The summed E-state index contributed by atoms with van der Waals surface area (Å²) in [4.78, 5) is 0. The van der Waals surface area contributed by atoms with E-state index in [0.717, 1.165) is 12.5 Å². The van der Waals surface area contributed by atoms with Gasteiger partial charge in [0.25, 0.3) is 0 Å². The molecule has 0 saturated heterocycles. The van der Waals surface area contributed by atoms with Gasteiger partial charge in [-0.25, -0.2) is 0 Å². The Labute approximate surface area is 105 Å². The van der Waals surface area contributed by atoms with Gasteiger partial charge in [-0.1, -0.05) is 33.6 Å². The van der Waals surface area contributed by atoms with Crippen LogP contribution in [0.4, 0.5) is 0 Å². The smallest absolute Gasteiger partial charge is 0.0544 e. The minimum atomic E-state index is 0.434. The van der Waals surface area contributed by atoms with Crippen molar-refractivity contribution in [3.8, 4) is 0 Å². The monoisotopic (exact) mass is 235 g/mol. The molecule has 0 spiro atoms. The van der Waals surface area contributed by atoms with Crippen LogP contribution in [0.15, 0.2) is 18.5 Å². The second-order valence-electron chi connectivity index (χ2n) is 5.01. The Bertz CT molecular complexity index is 285. The second kappa shape index (κ2) is 8.18. The van der Waals surface area contributed by atoms with Gasteiger partial charge in [-0.05, 0) is 36.9 Å². The first-order chi connectivity index (χ1) is 8.24. The van der Waals surface area contributed by atoms with Crippen molar-refractivity contribution in [2.24, 2.45) is 5.92 Å². The van der Waals surface area contributed by atoms with E-state index in [1.807, 2.05) is 6.20 Å². The molecular formula is C14H25N3. The van der Waals surface area contributed by atoms with E-state index in [-0.39, 0.29) is 0 Å². The molecule has 0 saturated carbocycles. The van der Waals surface area contributed by atoms with Gasteiger partial charge in [-0.15, -0.1) is 0 Å². The summed E-state index contributed by atoms with van der Waals surface area (Å²) >= 11 is 0. The van der Waals surface area contributed by atoms with Crippen molar-refractivity contribution < 1.29 is 0 Å². The quantitative estimate of drug-likeness (QED) is 0.751. The molecule has 1 heterocycles. The molecule has 3 nitrogen and oxygen atoms in total. The van der Waals surface area contributed by atoms with Crippen molar-refractivity contribution in [3.63, 3.8) is 0 Å². The normalized spacial score (nSPS) is 12.9. The van der Waals surface area contributed by atoms with E-state index in [2.05, 4.69) is 42.4 Å². The van der Waals surface area contributed by atoms with Gasteiger partial charge in [0.15, 0.2) is 0 Å². The van der Waals surface area contributed by atoms with Crippen LogP contribution >= 0.6 is 0 Å². The summed E-state index contributed by atoms with van der Waals surface area (Å²) in [5, 5.41) is 11.4. The molecule has 0 aliphatic rings. The average molecular weight is 235 g/mol. The van der Waals surface area contributed by atoms with Crippen LogP contribution < -0.4 is 5.32 Å². The highest BCUT2D eigenvalue weighted by Gasteiger charge is 2.10. The van der Waals surface area contributed by atoms with Gasteiger partial charge < -0.3 is 5.32 Å². The standard InChI is InChI=1S/C14H25N3/c1-4-9-15-14(7-5-6-12(2)3)13-8-10-16-17-11-13/h8,10-12,14-15H,4-7,9H2,1-3H3. The van der Waals surface area contributed by atoms with Crippen molar-refractivity contribution >= 4 is 0 Å². The summed E-state index contributed by atoms with van der Waals surface area (Å²) in [7, 11) is 0. The lowest BCUT2D eigenvalue weighted by Crippen LogP contribution is -2.22. The zero-order valence-corrected chi connectivity index (χ0v) is 11.3. The summed E-state index contributed by atoms with van der Waals surface area (Å²) in [6.07, 6.45) is 8.56. The molecule has 17 heavy (non-hydrogen) atoms. The van der Waals surface area contributed by atoms with Gasteiger partial charge >= 0.3 is 0 Å². The van der Waals surface area contributed by atoms with E-state index in [4.69, 9.17) is 0 Å². The van der Waals surface area contributed by atoms with Crippen molar-refractivity contribution in [1.82, 2.24) is 15.5 Å². The van der Waals surface area contributed by atoms with Crippen LogP contribution in [-0.4, -0.2) is 16.7 Å². The summed E-state index contributed by atoms with van der Waals surface area (Å²) < 4.78 is 0. The van der Waals surface area contributed by atoms with E-state index >= 15 is 0 Å². The Morgan fingerprint density at radius 2 is 2.06 bits per heavy atom. The minimum Gasteiger partial charge on any atom is -0.310 e. The third kappa shape index (κ3) is 5.78. The maximum absolute atomic E-state index is 3.97. The molecule has 3 heteroatoms. The van der Waals surface area contributed by atoms with Gasteiger partial charge in [0.05, 0.1) is 6.20 Å². The van der Waals surface area contributed by atoms with Crippen molar-refractivity contribution in [3.05, 3.63) is 24.0 Å². The first kappa shape index (κ1) is 14.1. The lowest BCUT2D eigenvalue weighted by Gasteiger charge is -2.18. The summed E-state index contributed by atoms with van der Waals surface area (Å²) in [6, 6.07) is 2.50.